The quantitative estimate of drug-likeness (QED) is 0.508. The smallest absolute Gasteiger partial charge is 0.182 e. The molecule has 0 aromatic heterocycles. The summed E-state index contributed by atoms with van der Waals surface area (Å²) in [6.45, 7) is 2.23. The van der Waals surface area contributed by atoms with Crippen LogP contribution in [0.3, 0.4) is 0 Å². The van der Waals surface area contributed by atoms with Gasteiger partial charge in [0.2, 0.25) is 0 Å². The van der Waals surface area contributed by atoms with Crippen LogP contribution in [-0.4, -0.2) is 19.8 Å². The van der Waals surface area contributed by atoms with Crippen LogP contribution in [0, 0.1) is 0 Å². The number of thioether (sulfide) groups is 1. The third-order valence-corrected chi connectivity index (χ3v) is 6.39. The Morgan fingerprint density at radius 2 is 1.12 bits per heavy atom. The third-order valence-electron chi connectivity index (χ3n) is 4.58. The van der Waals surface area contributed by atoms with Crippen molar-refractivity contribution in [3.63, 3.8) is 0 Å². The van der Waals surface area contributed by atoms with Gasteiger partial charge >= 0.3 is 0 Å². The summed E-state index contributed by atoms with van der Waals surface area (Å²) in [5, 5.41) is 3.37. The number of benzene rings is 3. The Morgan fingerprint density at radius 1 is 0.760 bits per heavy atom. The molecule has 3 heteroatoms. The Kier molecular flexibility index (Phi) is 6.01. The van der Waals surface area contributed by atoms with E-state index in [1.54, 1.807) is 0 Å². The van der Waals surface area contributed by atoms with Crippen molar-refractivity contribution in [2.75, 3.05) is 5.75 Å². The SMILES string of the molecule is BNC(C)CSC(c1ccccc1)(c1ccccc1)c1ccccc1. The van der Waals surface area contributed by atoms with Crippen LogP contribution in [-0.2, 0) is 4.75 Å². The van der Waals surface area contributed by atoms with E-state index in [1.807, 2.05) is 19.7 Å². The van der Waals surface area contributed by atoms with Crippen molar-refractivity contribution in [3.05, 3.63) is 108 Å². The summed E-state index contributed by atoms with van der Waals surface area (Å²) in [7, 11) is 2.03. The van der Waals surface area contributed by atoms with Crippen LogP contribution in [0.25, 0.3) is 0 Å². The normalized spacial score (nSPS) is 12.7. The first-order chi connectivity index (χ1) is 12.3. The Morgan fingerprint density at radius 3 is 1.44 bits per heavy atom. The van der Waals surface area contributed by atoms with Crippen molar-refractivity contribution in [2.45, 2.75) is 17.7 Å². The molecule has 0 aliphatic carbocycles. The van der Waals surface area contributed by atoms with Crippen molar-refractivity contribution in [1.29, 1.82) is 0 Å². The molecule has 0 bridgehead atoms. The molecule has 0 saturated heterocycles. The Balaban J connectivity index is 2.20. The summed E-state index contributed by atoms with van der Waals surface area (Å²) >= 11 is 2.00. The average Bonchev–Trinajstić information content (AvgIpc) is 2.71. The fourth-order valence-electron chi connectivity index (χ4n) is 3.10. The zero-order chi connectivity index (χ0) is 17.5. The molecule has 3 aromatic carbocycles. The first kappa shape index (κ1) is 17.8. The molecule has 0 aliphatic rings. The summed E-state index contributed by atoms with van der Waals surface area (Å²) in [5.41, 5.74) is 3.96. The third kappa shape index (κ3) is 3.83. The van der Waals surface area contributed by atoms with E-state index in [0.717, 1.165) is 5.75 Å². The van der Waals surface area contributed by atoms with Gasteiger partial charge in [-0.2, -0.15) is 0 Å². The molecule has 1 atom stereocenters. The standard InChI is InChI=1S/C22H24BNS/c1-18(24-23)17-25-22(19-11-5-2-6-12-19,20-13-7-3-8-14-20)21-15-9-4-10-16-21/h2-16,18,24H,17,23H2,1H3. The molecule has 0 radical (unpaired) electrons. The molecule has 0 heterocycles. The molecule has 0 spiro atoms. The molecule has 126 valence electrons. The second-order valence-electron chi connectivity index (χ2n) is 6.28. The van der Waals surface area contributed by atoms with Crippen molar-refractivity contribution >= 4 is 19.7 Å². The predicted octanol–water partition coefficient (Wildman–Crippen LogP) is 4.24. The number of nitrogens with one attached hydrogen (secondary N) is 1. The van der Waals surface area contributed by atoms with E-state index in [2.05, 4.69) is 103 Å². The molecule has 1 nitrogen and oxygen atoms in total. The van der Waals surface area contributed by atoms with E-state index in [1.165, 1.54) is 16.7 Å². The number of hydrogen-bond acceptors (Lipinski definition) is 2. The maximum Gasteiger partial charge on any atom is 0.182 e. The highest BCUT2D eigenvalue weighted by atomic mass is 32.2. The lowest BCUT2D eigenvalue weighted by atomic mass is 9.84. The highest BCUT2D eigenvalue weighted by Crippen LogP contribution is 2.48. The second kappa shape index (κ2) is 8.42. The molecule has 1 N–H and O–H groups in total. The maximum atomic E-state index is 3.37. The van der Waals surface area contributed by atoms with Gasteiger partial charge in [-0.1, -0.05) is 91.0 Å². The topological polar surface area (TPSA) is 12.0 Å². The monoisotopic (exact) mass is 345 g/mol. The minimum atomic E-state index is -0.213. The summed E-state index contributed by atoms with van der Waals surface area (Å²) in [4.78, 5) is 0. The van der Waals surface area contributed by atoms with Gasteiger partial charge in [-0.25, -0.2) is 0 Å². The van der Waals surface area contributed by atoms with Gasteiger partial charge in [0.15, 0.2) is 7.98 Å². The van der Waals surface area contributed by atoms with E-state index < -0.39 is 0 Å². The summed E-state index contributed by atoms with van der Waals surface area (Å²) < 4.78 is -0.213. The molecule has 0 fully saturated rings. The van der Waals surface area contributed by atoms with Gasteiger partial charge in [-0.15, -0.1) is 11.8 Å². The van der Waals surface area contributed by atoms with Crippen molar-refractivity contribution in [1.82, 2.24) is 5.23 Å². The van der Waals surface area contributed by atoms with Crippen LogP contribution < -0.4 is 5.23 Å². The lowest BCUT2D eigenvalue weighted by Crippen LogP contribution is -2.31. The Bertz CT molecular complexity index is 665. The van der Waals surface area contributed by atoms with Crippen LogP contribution in [0.15, 0.2) is 91.0 Å². The second-order valence-corrected chi connectivity index (χ2v) is 7.51. The van der Waals surface area contributed by atoms with E-state index >= 15 is 0 Å². The maximum absolute atomic E-state index is 3.37. The van der Waals surface area contributed by atoms with Gasteiger partial charge in [0, 0.05) is 11.8 Å². The van der Waals surface area contributed by atoms with Crippen molar-refractivity contribution in [2.24, 2.45) is 0 Å². The van der Waals surface area contributed by atoms with Gasteiger partial charge in [-0.05, 0) is 23.6 Å². The summed E-state index contributed by atoms with van der Waals surface area (Å²) in [5.74, 6) is 1.02. The number of rotatable bonds is 7. The fourth-order valence-corrected chi connectivity index (χ4v) is 4.68. The van der Waals surface area contributed by atoms with Gasteiger partial charge in [0.1, 0.15) is 0 Å². The Labute approximate surface area is 156 Å². The lowest BCUT2D eigenvalue weighted by molar-refractivity contribution is 0.764. The molecule has 25 heavy (non-hydrogen) atoms. The highest BCUT2D eigenvalue weighted by molar-refractivity contribution is 8.00. The van der Waals surface area contributed by atoms with Gasteiger partial charge in [0.25, 0.3) is 0 Å². The first-order valence-corrected chi connectivity index (χ1v) is 9.73. The molecule has 1 unspecified atom stereocenters. The van der Waals surface area contributed by atoms with Crippen molar-refractivity contribution < 1.29 is 0 Å². The molecule has 0 amide bonds. The molecule has 3 aromatic rings. The predicted molar refractivity (Wildman–Crippen MR) is 113 cm³/mol. The summed E-state index contributed by atoms with van der Waals surface area (Å²) in [6.07, 6.45) is 0. The van der Waals surface area contributed by atoms with Crippen molar-refractivity contribution in [3.8, 4) is 0 Å². The average molecular weight is 345 g/mol. The van der Waals surface area contributed by atoms with E-state index in [4.69, 9.17) is 0 Å². The largest absolute Gasteiger partial charge is 0.359 e. The zero-order valence-corrected chi connectivity index (χ0v) is 15.7. The minimum absolute atomic E-state index is 0.213. The van der Waals surface area contributed by atoms with Crippen LogP contribution in [0.2, 0.25) is 0 Å². The fraction of sp³-hybridized carbons (Fsp3) is 0.182. The zero-order valence-electron chi connectivity index (χ0n) is 14.9. The van der Waals surface area contributed by atoms with E-state index in [9.17, 15) is 0 Å². The number of hydrogen-bond donors (Lipinski definition) is 1. The minimum Gasteiger partial charge on any atom is -0.359 e. The van der Waals surface area contributed by atoms with Crippen LogP contribution in [0.4, 0.5) is 0 Å². The molecular formula is C22H24BNS. The molecule has 0 aliphatic heterocycles. The van der Waals surface area contributed by atoms with Gasteiger partial charge < -0.3 is 5.23 Å². The highest BCUT2D eigenvalue weighted by Gasteiger charge is 2.36. The Hall–Kier alpha value is -1.97. The lowest BCUT2D eigenvalue weighted by Gasteiger charge is -2.36. The van der Waals surface area contributed by atoms with Crippen LogP contribution >= 0.6 is 11.8 Å². The molecule has 3 rings (SSSR count). The first-order valence-electron chi connectivity index (χ1n) is 8.75. The van der Waals surface area contributed by atoms with Gasteiger partial charge in [-0.3, -0.25) is 0 Å². The van der Waals surface area contributed by atoms with Crippen LogP contribution in [0.1, 0.15) is 23.6 Å². The van der Waals surface area contributed by atoms with E-state index in [0.29, 0.717) is 6.04 Å². The summed E-state index contributed by atoms with van der Waals surface area (Å²) in [6, 6.07) is 33.0. The van der Waals surface area contributed by atoms with Gasteiger partial charge in [0.05, 0.1) is 4.75 Å². The van der Waals surface area contributed by atoms with E-state index in [-0.39, 0.29) is 4.75 Å². The molecular weight excluding hydrogens is 321 g/mol. The van der Waals surface area contributed by atoms with Crippen LogP contribution in [0.5, 0.6) is 0 Å². The molecule has 0 saturated carbocycles.